The maximum absolute atomic E-state index is 12.6. The monoisotopic (exact) mass is 326 g/mol. The number of carbonyl (C=O) groups is 1. The molecule has 0 aromatic heterocycles. The number of sulfonamides is 1. The summed E-state index contributed by atoms with van der Waals surface area (Å²) in [6, 6.07) is 5.82. The van der Waals surface area contributed by atoms with Crippen LogP contribution >= 0.6 is 0 Å². The quantitative estimate of drug-likeness (QED) is 0.822. The van der Waals surface area contributed by atoms with Gasteiger partial charge in [-0.05, 0) is 50.5 Å². The van der Waals surface area contributed by atoms with Crippen LogP contribution in [-0.2, 0) is 14.8 Å². The van der Waals surface area contributed by atoms with Crippen LogP contribution in [0.3, 0.4) is 0 Å². The largest absolute Gasteiger partial charge is 0.462 e. The van der Waals surface area contributed by atoms with Crippen molar-refractivity contribution in [3.63, 3.8) is 0 Å². The molecule has 1 aromatic carbocycles. The number of ether oxygens (including phenoxy) is 1. The zero-order chi connectivity index (χ0) is 16.3. The molecule has 0 radical (unpaired) electrons. The first-order valence-electron chi connectivity index (χ1n) is 7.39. The summed E-state index contributed by atoms with van der Waals surface area (Å²) in [7, 11) is -3.53. The number of esters is 1. The Balaban J connectivity index is 2.15. The van der Waals surface area contributed by atoms with Gasteiger partial charge in [0.1, 0.15) is 0 Å². The van der Waals surface area contributed by atoms with Crippen molar-refractivity contribution in [2.75, 3.05) is 19.7 Å². The Morgan fingerprint density at radius 3 is 2.55 bits per heavy atom. The number of rotatable bonds is 5. The van der Waals surface area contributed by atoms with Crippen molar-refractivity contribution < 1.29 is 17.9 Å². The summed E-state index contributed by atoms with van der Waals surface area (Å²) in [6.07, 6.45) is 0.776. The normalized spacial score (nSPS) is 20.8. The van der Waals surface area contributed by atoms with E-state index in [1.54, 1.807) is 6.92 Å². The van der Waals surface area contributed by atoms with Gasteiger partial charge in [0, 0.05) is 19.1 Å². The van der Waals surface area contributed by atoms with E-state index in [1.807, 2.05) is 6.92 Å². The van der Waals surface area contributed by atoms with Crippen LogP contribution in [0.5, 0.6) is 0 Å². The molecule has 1 saturated heterocycles. The van der Waals surface area contributed by atoms with Gasteiger partial charge >= 0.3 is 5.97 Å². The van der Waals surface area contributed by atoms with Gasteiger partial charge < -0.3 is 10.5 Å². The second-order valence-corrected chi connectivity index (χ2v) is 7.45. The molecule has 1 aromatic rings. The van der Waals surface area contributed by atoms with E-state index in [2.05, 4.69) is 0 Å². The lowest BCUT2D eigenvalue weighted by atomic mass is 10.0. The fraction of sp³-hybridized carbons (Fsp3) is 0.533. The summed E-state index contributed by atoms with van der Waals surface area (Å²) in [5.74, 6) is -0.266. The number of hydrogen-bond donors (Lipinski definition) is 1. The molecule has 7 heteroatoms. The second-order valence-electron chi connectivity index (χ2n) is 5.52. The minimum absolute atomic E-state index is 0.0219. The van der Waals surface area contributed by atoms with Crippen molar-refractivity contribution in [3.05, 3.63) is 29.8 Å². The summed E-state index contributed by atoms with van der Waals surface area (Å²) < 4.78 is 31.5. The second kappa shape index (κ2) is 6.76. The zero-order valence-electron chi connectivity index (χ0n) is 12.9. The lowest BCUT2D eigenvalue weighted by molar-refractivity contribution is 0.0526. The average Bonchev–Trinajstić information content (AvgIpc) is 2.98. The summed E-state index contributed by atoms with van der Waals surface area (Å²) in [6.45, 7) is 4.83. The Morgan fingerprint density at radius 2 is 2.05 bits per heavy atom. The fourth-order valence-electron chi connectivity index (χ4n) is 2.53. The highest BCUT2D eigenvalue weighted by Crippen LogP contribution is 2.25. The predicted molar refractivity (Wildman–Crippen MR) is 82.9 cm³/mol. The van der Waals surface area contributed by atoms with Gasteiger partial charge in [-0.2, -0.15) is 4.31 Å². The summed E-state index contributed by atoms with van der Waals surface area (Å²) in [5.41, 5.74) is 6.19. The molecular weight excluding hydrogens is 304 g/mol. The van der Waals surface area contributed by atoms with Crippen molar-refractivity contribution in [1.29, 1.82) is 0 Å². The van der Waals surface area contributed by atoms with E-state index in [-0.39, 0.29) is 23.5 Å². The molecule has 0 amide bonds. The van der Waals surface area contributed by atoms with E-state index >= 15 is 0 Å². The smallest absolute Gasteiger partial charge is 0.338 e. The molecule has 0 spiro atoms. The molecule has 1 fully saturated rings. The molecule has 122 valence electrons. The van der Waals surface area contributed by atoms with E-state index in [0.29, 0.717) is 18.7 Å². The van der Waals surface area contributed by atoms with Crippen molar-refractivity contribution in [1.82, 2.24) is 4.31 Å². The highest BCUT2D eigenvalue weighted by molar-refractivity contribution is 7.89. The van der Waals surface area contributed by atoms with Gasteiger partial charge in [-0.3, -0.25) is 0 Å². The Hall–Kier alpha value is -1.44. The third kappa shape index (κ3) is 3.48. The van der Waals surface area contributed by atoms with Gasteiger partial charge in [0.05, 0.1) is 17.1 Å². The van der Waals surface area contributed by atoms with Gasteiger partial charge in [-0.1, -0.05) is 0 Å². The van der Waals surface area contributed by atoms with Gasteiger partial charge in [0.2, 0.25) is 10.0 Å². The van der Waals surface area contributed by atoms with E-state index in [1.165, 1.54) is 28.6 Å². The molecule has 2 atom stereocenters. The van der Waals surface area contributed by atoms with Gasteiger partial charge in [-0.25, -0.2) is 13.2 Å². The number of benzene rings is 1. The number of nitrogens with two attached hydrogens (primary N) is 1. The molecule has 2 rings (SSSR count). The standard InChI is InChI=1S/C15H22N2O4S/c1-3-21-15(18)12-4-6-14(7-5-12)22(19,20)17-9-8-13(10-17)11(2)16/h4-7,11,13H,3,8-10,16H2,1-2H3. The summed E-state index contributed by atoms with van der Waals surface area (Å²) in [4.78, 5) is 11.8. The number of carbonyl (C=O) groups excluding carboxylic acids is 1. The molecule has 0 saturated carbocycles. The van der Waals surface area contributed by atoms with Crippen molar-refractivity contribution in [3.8, 4) is 0 Å². The third-order valence-electron chi connectivity index (χ3n) is 3.93. The van der Waals surface area contributed by atoms with Crippen LogP contribution in [-0.4, -0.2) is 44.4 Å². The van der Waals surface area contributed by atoms with Crippen molar-refractivity contribution >= 4 is 16.0 Å². The number of hydrogen-bond acceptors (Lipinski definition) is 5. The maximum Gasteiger partial charge on any atom is 0.338 e. The Kier molecular flexibility index (Phi) is 5.20. The molecule has 0 aliphatic carbocycles. The topological polar surface area (TPSA) is 89.7 Å². The van der Waals surface area contributed by atoms with E-state index in [9.17, 15) is 13.2 Å². The molecule has 2 N–H and O–H groups in total. The molecule has 0 bridgehead atoms. The van der Waals surface area contributed by atoms with Crippen LogP contribution in [0.4, 0.5) is 0 Å². The first kappa shape index (κ1) is 16.9. The zero-order valence-corrected chi connectivity index (χ0v) is 13.7. The van der Waals surface area contributed by atoms with Crippen molar-refractivity contribution in [2.24, 2.45) is 11.7 Å². The van der Waals surface area contributed by atoms with Crippen LogP contribution in [0.2, 0.25) is 0 Å². The number of nitrogens with zero attached hydrogens (tertiary/aromatic N) is 1. The SMILES string of the molecule is CCOC(=O)c1ccc(S(=O)(=O)N2CCC(C(C)N)C2)cc1. The lowest BCUT2D eigenvalue weighted by Gasteiger charge is -2.18. The third-order valence-corrected chi connectivity index (χ3v) is 5.81. The van der Waals surface area contributed by atoms with Gasteiger partial charge in [0.25, 0.3) is 0 Å². The van der Waals surface area contributed by atoms with Crippen LogP contribution < -0.4 is 5.73 Å². The van der Waals surface area contributed by atoms with Crippen LogP contribution in [0.1, 0.15) is 30.6 Å². The first-order chi connectivity index (χ1) is 10.4. The Labute approximate surface area is 131 Å². The molecule has 1 aliphatic rings. The summed E-state index contributed by atoms with van der Waals surface area (Å²) >= 11 is 0. The van der Waals surface area contributed by atoms with E-state index in [4.69, 9.17) is 10.5 Å². The van der Waals surface area contributed by atoms with E-state index < -0.39 is 16.0 Å². The van der Waals surface area contributed by atoms with Crippen LogP contribution in [0, 0.1) is 5.92 Å². The van der Waals surface area contributed by atoms with Gasteiger partial charge in [-0.15, -0.1) is 0 Å². The van der Waals surface area contributed by atoms with Crippen LogP contribution in [0.25, 0.3) is 0 Å². The lowest BCUT2D eigenvalue weighted by Crippen LogP contribution is -2.33. The molecule has 2 unspecified atom stereocenters. The molecule has 6 nitrogen and oxygen atoms in total. The molecule has 1 aliphatic heterocycles. The molecular formula is C15H22N2O4S. The maximum atomic E-state index is 12.6. The minimum atomic E-state index is -3.53. The Bertz CT molecular complexity index is 625. The average molecular weight is 326 g/mol. The minimum Gasteiger partial charge on any atom is -0.462 e. The highest BCUT2D eigenvalue weighted by atomic mass is 32.2. The Morgan fingerprint density at radius 1 is 1.41 bits per heavy atom. The van der Waals surface area contributed by atoms with Crippen molar-refractivity contribution in [2.45, 2.75) is 31.2 Å². The first-order valence-corrected chi connectivity index (χ1v) is 8.83. The predicted octanol–water partition coefficient (Wildman–Crippen LogP) is 1.22. The van der Waals surface area contributed by atoms with E-state index in [0.717, 1.165) is 6.42 Å². The molecule has 22 heavy (non-hydrogen) atoms. The summed E-state index contributed by atoms with van der Waals surface area (Å²) in [5, 5.41) is 0. The van der Waals surface area contributed by atoms with Gasteiger partial charge in [0.15, 0.2) is 0 Å². The fourth-order valence-corrected chi connectivity index (χ4v) is 4.04. The van der Waals surface area contributed by atoms with Crippen LogP contribution in [0.15, 0.2) is 29.2 Å². The molecule has 1 heterocycles. The highest BCUT2D eigenvalue weighted by Gasteiger charge is 2.33.